The van der Waals surface area contributed by atoms with Crippen molar-refractivity contribution < 1.29 is 23.8 Å². The van der Waals surface area contributed by atoms with Crippen LogP contribution in [0.5, 0.6) is 17.2 Å². The predicted octanol–water partition coefficient (Wildman–Crippen LogP) is 1.89. The molecule has 0 spiro atoms. The number of anilines is 1. The molecule has 2 aromatic carbocycles. The van der Waals surface area contributed by atoms with E-state index in [9.17, 15) is 9.59 Å². The van der Waals surface area contributed by atoms with E-state index in [1.54, 1.807) is 36.3 Å². The highest BCUT2D eigenvalue weighted by molar-refractivity contribution is 5.92. The van der Waals surface area contributed by atoms with Gasteiger partial charge in [0.25, 0.3) is 0 Å². The first-order chi connectivity index (χ1) is 15.1. The maximum atomic E-state index is 12.4. The molecule has 0 saturated carbocycles. The molecule has 0 radical (unpaired) electrons. The fourth-order valence-electron chi connectivity index (χ4n) is 3.57. The highest BCUT2D eigenvalue weighted by Gasteiger charge is 2.22. The Labute approximate surface area is 180 Å². The van der Waals surface area contributed by atoms with Gasteiger partial charge in [-0.3, -0.25) is 9.69 Å². The van der Waals surface area contributed by atoms with E-state index in [0.717, 1.165) is 36.7 Å². The van der Waals surface area contributed by atoms with E-state index < -0.39 is 6.03 Å². The maximum Gasteiger partial charge on any atom is 0.319 e. The van der Waals surface area contributed by atoms with Gasteiger partial charge in [0.1, 0.15) is 5.75 Å². The summed E-state index contributed by atoms with van der Waals surface area (Å²) in [6, 6.07) is 12.5. The second-order valence-corrected chi connectivity index (χ2v) is 7.38. The lowest BCUT2D eigenvalue weighted by Gasteiger charge is -2.34. The van der Waals surface area contributed by atoms with Crippen molar-refractivity contribution in [3.05, 3.63) is 48.0 Å². The molecular formula is C22H26N4O5. The number of nitrogens with zero attached hydrogens (tertiary/aromatic N) is 2. The molecule has 2 aromatic rings. The van der Waals surface area contributed by atoms with Gasteiger partial charge in [-0.05, 0) is 42.0 Å². The van der Waals surface area contributed by atoms with Crippen molar-refractivity contribution in [3.63, 3.8) is 0 Å². The van der Waals surface area contributed by atoms with Crippen LogP contribution in [0.3, 0.4) is 0 Å². The van der Waals surface area contributed by atoms with Gasteiger partial charge in [0.05, 0.1) is 13.7 Å². The van der Waals surface area contributed by atoms with Gasteiger partial charge in [-0.15, -0.1) is 0 Å². The number of urea groups is 1. The molecular weight excluding hydrogens is 400 g/mol. The lowest BCUT2D eigenvalue weighted by molar-refractivity contribution is -0.131. The number of ether oxygens (including phenoxy) is 3. The summed E-state index contributed by atoms with van der Waals surface area (Å²) in [4.78, 5) is 28.6. The smallest absolute Gasteiger partial charge is 0.319 e. The highest BCUT2D eigenvalue weighted by Crippen LogP contribution is 2.32. The first-order valence-corrected chi connectivity index (χ1v) is 10.2. The molecule has 0 aromatic heterocycles. The zero-order chi connectivity index (χ0) is 21.6. The topological polar surface area (TPSA) is 92.4 Å². The van der Waals surface area contributed by atoms with Crippen LogP contribution in [0, 0.1) is 0 Å². The highest BCUT2D eigenvalue weighted by atomic mass is 16.7. The molecule has 3 amide bonds. The van der Waals surface area contributed by atoms with Crippen LogP contribution in [-0.2, 0) is 11.3 Å². The number of carbonyl (C=O) groups is 2. The fraction of sp³-hybridized carbons (Fsp3) is 0.364. The molecule has 2 aliphatic rings. The molecule has 0 bridgehead atoms. The maximum absolute atomic E-state index is 12.4. The van der Waals surface area contributed by atoms with E-state index >= 15 is 0 Å². The first kappa shape index (κ1) is 20.8. The van der Waals surface area contributed by atoms with E-state index in [2.05, 4.69) is 15.5 Å². The van der Waals surface area contributed by atoms with Gasteiger partial charge in [0, 0.05) is 38.4 Å². The van der Waals surface area contributed by atoms with Crippen molar-refractivity contribution >= 4 is 17.6 Å². The number of rotatable bonds is 6. The normalized spacial score (nSPS) is 15.5. The van der Waals surface area contributed by atoms with Crippen LogP contribution in [0.1, 0.15) is 5.56 Å². The number of hydrogen-bond acceptors (Lipinski definition) is 6. The van der Waals surface area contributed by atoms with Gasteiger partial charge in [0.2, 0.25) is 12.7 Å². The van der Waals surface area contributed by atoms with Crippen molar-refractivity contribution in [2.45, 2.75) is 6.54 Å². The number of methoxy groups -OCH3 is 1. The van der Waals surface area contributed by atoms with E-state index in [4.69, 9.17) is 14.2 Å². The first-order valence-electron chi connectivity index (χ1n) is 10.2. The average molecular weight is 426 g/mol. The van der Waals surface area contributed by atoms with Crippen molar-refractivity contribution in [2.75, 3.05) is 51.9 Å². The molecule has 2 aliphatic heterocycles. The van der Waals surface area contributed by atoms with Gasteiger partial charge in [-0.25, -0.2) is 4.79 Å². The van der Waals surface area contributed by atoms with Crippen LogP contribution in [0.2, 0.25) is 0 Å². The summed E-state index contributed by atoms with van der Waals surface area (Å²) in [5.41, 5.74) is 1.78. The summed E-state index contributed by atoms with van der Waals surface area (Å²) in [5.74, 6) is 2.18. The summed E-state index contributed by atoms with van der Waals surface area (Å²) < 4.78 is 15.9. The second kappa shape index (κ2) is 9.57. The van der Waals surface area contributed by atoms with Gasteiger partial charge in [-0.2, -0.15) is 0 Å². The van der Waals surface area contributed by atoms with E-state index in [0.29, 0.717) is 24.5 Å². The van der Waals surface area contributed by atoms with Crippen molar-refractivity contribution in [2.24, 2.45) is 0 Å². The van der Waals surface area contributed by atoms with Crippen LogP contribution in [0.25, 0.3) is 0 Å². The Morgan fingerprint density at radius 3 is 2.48 bits per heavy atom. The van der Waals surface area contributed by atoms with Crippen LogP contribution < -0.4 is 24.8 Å². The lowest BCUT2D eigenvalue weighted by Crippen LogP contribution is -2.51. The van der Waals surface area contributed by atoms with E-state index in [1.165, 1.54) is 0 Å². The molecule has 0 atom stereocenters. The zero-order valence-electron chi connectivity index (χ0n) is 17.4. The summed E-state index contributed by atoms with van der Waals surface area (Å²) in [7, 11) is 1.58. The Morgan fingerprint density at radius 2 is 1.74 bits per heavy atom. The Balaban J connectivity index is 1.18. The monoisotopic (exact) mass is 426 g/mol. The Kier molecular flexibility index (Phi) is 6.42. The fourth-order valence-corrected chi connectivity index (χ4v) is 3.57. The molecule has 0 unspecified atom stereocenters. The summed E-state index contributed by atoms with van der Waals surface area (Å²) in [5, 5.41) is 5.32. The Hall–Kier alpha value is -3.46. The number of nitrogens with one attached hydrogen (secondary N) is 2. The minimum Gasteiger partial charge on any atom is -0.497 e. The standard InChI is InChI=1S/C22H26N4O5/c1-29-18-5-3-17(4-6-18)24-22(28)23-13-21(27)26-10-8-25(9-11-26)14-16-2-7-19-20(12-16)31-15-30-19/h2-7,12H,8-11,13-15H2,1H3,(H2,23,24,28). The summed E-state index contributed by atoms with van der Waals surface area (Å²) >= 11 is 0. The number of hydrogen-bond donors (Lipinski definition) is 2. The largest absolute Gasteiger partial charge is 0.497 e. The molecule has 2 N–H and O–H groups in total. The number of carbonyl (C=O) groups excluding carboxylic acids is 2. The molecule has 9 nitrogen and oxygen atoms in total. The summed E-state index contributed by atoms with van der Waals surface area (Å²) in [6.07, 6.45) is 0. The number of benzene rings is 2. The van der Waals surface area contributed by atoms with Crippen molar-refractivity contribution in [1.29, 1.82) is 0 Å². The number of piperazine rings is 1. The van der Waals surface area contributed by atoms with Crippen LogP contribution in [-0.4, -0.2) is 68.4 Å². The SMILES string of the molecule is COc1ccc(NC(=O)NCC(=O)N2CCN(Cc3ccc4c(c3)OCO4)CC2)cc1. The molecule has 1 fully saturated rings. The molecule has 164 valence electrons. The second-order valence-electron chi connectivity index (χ2n) is 7.38. The van der Waals surface area contributed by atoms with Crippen LogP contribution in [0.15, 0.2) is 42.5 Å². The van der Waals surface area contributed by atoms with Crippen LogP contribution in [0.4, 0.5) is 10.5 Å². The number of fused-ring (bicyclic) bond motifs is 1. The lowest BCUT2D eigenvalue weighted by atomic mass is 10.1. The quantitative estimate of drug-likeness (QED) is 0.733. The van der Waals surface area contributed by atoms with E-state index in [-0.39, 0.29) is 19.2 Å². The van der Waals surface area contributed by atoms with Crippen LogP contribution >= 0.6 is 0 Å². The summed E-state index contributed by atoms with van der Waals surface area (Å²) in [6.45, 7) is 3.84. The van der Waals surface area contributed by atoms with Crippen molar-refractivity contribution in [1.82, 2.24) is 15.1 Å². The molecule has 2 heterocycles. The third kappa shape index (κ3) is 5.37. The van der Waals surface area contributed by atoms with Crippen molar-refractivity contribution in [3.8, 4) is 17.2 Å². The third-order valence-corrected chi connectivity index (χ3v) is 5.32. The third-order valence-electron chi connectivity index (χ3n) is 5.32. The predicted molar refractivity (Wildman–Crippen MR) is 114 cm³/mol. The Morgan fingerprint density at radius 1 is 1.00 bits per heavy atom. The molecule has 31 heavy (non-hydrogen) atoms. The average Bonchev–Trinajstić information content (AvgIpc) is 3.26. The van der Waals surface area contributed by atoms with Gasteiger partial charge in [0.15, 0.2) is 11.5 Å². The zero-order valence-corrected chi connectivity index (χ0v) is 17.4. The van der Waals surface area contributed by atoms with Gasteiger partial charge in [-0.1, -0.05) is 6.07 Å². The molecule has 0 aliphatic carbocycles. The molecule has 4 rings (SSSR count). The minimum atomic E-state index is -0.417. The molecule has 1 saturated heterocycles. The van der Waals surface area contributed by atoms with Gasteiger partial charge < -0.3 is 29.7 Å². The Bertz CT molecular complexity index is 926. The minimum absolute atomic E-state index is 0.0376. The number of amides is 3. The molecule has 9 heteroatoms. The van der Waals surface area contributed by atoms with Gasteiger partial charge >= 0.3 is 6.03 Å². The van der Waals surface area contributed by atoms with E-state index in [1.807, 2.05) is 18.2 Å².